The molecule has 0 spiro atoms. The molecule has 1 fully saturated rings. The van der Waals surface area contributed by atoms with Gasteiger partial charge in [-0.1, -0.05) is 40.3 Å². The van der Waals surface area contributed by atoms with Crippen molar-refractivity contribution in [2.75, 3.05) is 13.1 Å². The lowest BCUT2D eigenvalue weighted by molar-refractivity contribution is -0.0472. The van der Waals surface area contributed by atoms with Crippen LogP contribution in [0.2, 0.25) is 0 Å². The zero-order valence-electron chi connectivity index (χ0n) is 10.0. The highest BCUT2D eigenvalue weighted by Gasteiger charge is 2.24. The van der Waals surface area contributed by atoms with E-state index in [0.717, 1.165) is 28.1 Å². The standard InChI is InChI=1S/C13H16BrNOS/c1-9-7-15(8-10(2)16-9)13(17)11-3-5-12(14)6-4-11/h3-6,9-10H,7-8H2,1-2H3/t9-,10-/m1/s1. The van der Waals surface area contributed by atoms with E-state index in [1.807, 2.05) is 12.1 Å². The molecule has 2 rings (SSSR count). The molecule has 0 unspecified atom stereocenters. The summed E-state index contributed by atoms with van der Waals surface area (Å²) in [5.41, 5.74) is 1.10. The summed E-state index contributed by atoms with van der Waals surface area (Å²) in [5.74, 6) is 0. The zero-order chi connectivity index (χ0) is 12.4. The highest BCUT2D eigenvalue weighted by Crippen LogP contribution is 2.17. The van der Waals surface area contributed by atoms with Crippen LogP contribution in [0.3, 0.4) is 0 Å². The van der Waals surface area contributed by atoms with Crippen LogP contribution in [0.1, 0.15) is 19.4 Å². The van der Waals surface area contributed by atoms with Crippen molar-refractivity contribution >= 4 is 33.1 Å². The third kappa shape index (κ3) is 3.27. The van der Waals surface area contributed by atoms with Crippen molar-refractivity contribution in [2.45, 2.75) is 26.1 Å². The van der Waals surface area contributed by atoms with Crippen LogP contribution in [0.5, 0.6) is 0 Å². The highest BCUT2D eigenvalue weighted by atomic mass is 79.9. The molecule has 0 saturated carbocycles. The highest BCUT2D eigenvalue weighted by molar-refractivity contribution is 9.10. The van der Waals surface area contributed by atoms with E-state index in [4.69, 9.17) is 17.0 Å². The van der Waals surface area contributed by atoms with E-state index in [0.29, 0.717) is 0 Å². The lowest BCUT2D eigenvalue weighted by Gasteiger charge is -2.37. The molecular weight excluding hydrogens is 298 g/mol. The molecule has 0 bridgehead atoms. The monoisotopic (exact) mass is 313 g/mol. The molecule has 2 atom stereocenters. The summed E-state index contributed by atoms with van der Waals surface area (Å²) in [5, 5.41) is 0. The fraction of sp³-hybridized carbons (Fsp3) is 0.462. The predicted molar refractivity (Wildman–Crippen MR) is 77.4 cm³/mol. The fourth-order valence-electron chi connectivity index (χ4n) is 2.12. The Morgan fingerprint density at radius 2 is 1.76 bits per heavy atom. The maximum atomic E-state index is 5.71. The summed E-state index contributed by atoms with van der Waals surface area (Å²) < 4.78 is 6.79. The second-order valence-corrected chi connectivity index (χ2v) is 5.78. The van der Waals surface area contributed by atoms with Gasteiger partial charge < -0.3 is 9.64 Å². The van der Waals surface area contributed by atoms with Crippen LogP contribution in [0.15, 0.2) is 28.7 Å². The first-order valence-electron chi connectivity index (χ1n) is 5.76. The number of thiocarbonyl (C=S) groups is 1. The van der Waals surface area contributed by atoms with E-state index >= 15 is 0 Å². The summed E-state index contributed by atoms with van der Waals surface area (Å²) >= 11 is 8.98. The normalized spacial score (nSPS) is 24.8. The van der Waals surface area contributed by atoms with E-state index in [1.54, 1.807) is 0 Å². The lowest BCUT2D eigenvalue weighted by Crippen LogP contribution is -2.47. The first-order valence-corrected chi connectivity index (χ1v) is 6.96. The number of ether oxygens (including phenoxy) is 1. The van der Waals surface area contributed by atoms with E-state index in [1.165, 1.54) is 0 Å². The molecule has 1 aromatic carbocycles. The SMILES string of the molecule is C[C@@H]1CN(C(=S)c2ccc(Br)cc2)C[C@@H](C)O1. The minimum Gasteiger partial charge on any atom is -0.372 e. The Bertz CT molecular complexity index is 396. The molecule has 1 aromatic rings. The van der Waals surface area contributed by atoms with Crippen LogP contribution in [-0.2, 0) is 4.74 Å². The zero-order valence-corrected chi connectivity index (χ0v) is 12.4. The minimum atomic E-state index is 0.243. The van der Waals surface area contributed by atoms with Gasteiger partial charge in [0.15, 0.2) is 0 Å². The molecule has 1 heterocycles. The Labute approximate surface area is 116 Å². The van der Waals surface area contributed by atoms with Gasteiger partial charge >= 0.3 is 0 Å². The third-order valence-electron chi connectivity index (χ3n) is 2.80. The lowest BCUT2D eigenvalue weighted by atomic mass is 10.1. The summed E-state index contributed by atoms with van der Waals surface area (Å²) in [6.45, 7) is 5.93. The van der Waals surface area contributed by atoms with Crippen molar-refractivity contribution in [3.63, 3.8) is 0 Å². The Hall–Kier alpha value is -0.450. The van der Waals surface area contributed by atoms with E-state index in [-0.39, 0.29) is 12.2 Å². The maximum absolute atomic E-state index is 5.71. The van der Waals surface area contributed by atoms with Gasteiger partial charge in [0.05, 0.1) is 12.2 Å². The van der Waals surface area contributed by atoms with Gasteiger partial charge in [-0.3, -0.25) is 0 Å². The summed E-state index contributed by atoms with van der Waals surface area (Å²) in [7, 11) is 0. The number of hydrogen-bond acceptors (Lipinski definition) is 2. The quantitative estimate of drug-likeness (QED) is 0.739. The van der Waals surface area contributed by atoms with Crippen molar-refractivity contribution < 1.29 is 4.74 Å². The van der Waals surface area contributed by atoms with Gasteiger partial charge in [-0.15, -0.1) is 0 Å². The van der Waals surface area contributed by atoms with Crippen molar-refractivity contribution in [1.82, 2.24) is 4.90 Å². The van der Waals surface area contributed by atoms with Crippen molar-refractivity contribution in [3.8, 4) is 0 Å². The van der Waals surface area contributed by atoms with Gasteiger partial charge in [0.2, 0.25) is 0 Å². The van der Waals surface area contributed by atoms with Crippen LogP contribution in [0, 0.1) is 0 Å². The topological polar surface area (TPSA) is 12.5 Å². The van der Waals surface area contributed by atoms with E-state index in [2.05, 4.69) is 46.8 Å². The van der Waals surface area contributed by atoms with Crippen molar-refractivity contribution in [3.05, 3.63) is 34.3 Å². The Kier molecular flexibility index (Phi) is 4.17. The van der Waals surface area contributed by atoms with Gasteiger partial charge in [-0.2, -0.15) is 0 Å². The molecule has 1 aliphatic heterocycles. The number of hydrogen-bond donors (Lipinski definition) is 0. The average molecular weight is 314 g/mol. The molecule has 4 heteroatoms. The molecule has 1 aliphatic rings. The Morgan fingerprint density at radius 1 is 1.24 bits per heavy atom. The van der Waals surface area contributed by atoms with Gasteiger partial charge in [-0.05, 0) is 26.0 Å². The molecule has 2 nitrogen and oxygen atoms in total. The molecule has 0 aromatic heterocycles. The van der Waals surface area contributed by atoms with Crippen molar-refractivity contribution in [1.29, 1.82) is 0 Å². The van der Waals surface area contributed by atoms with Crippen LogP contribution in [0.4, 0.5) is 0 Å². The summed E-state index contributed by atoms with van der Waals surface area (Å²) in [4.78, 5) is 3.15. The molecule has 0 N–H and O–H groups in total. The molecule has 0 amide bonds. The first kappa shape index (κ1) is 13.0. The number of morpholine rings is 1. The van der Waals surface area contributed by atoms with Gasteiger partial charge in [0.25, 0.3) is 0 Å². The fourth-order valence-corrected chi connectivity index (χ4v) is 2.67. The number of rotatable bonds is 1. The van der Waals surface area contributed by atoms with Gasteiger partial charge in [0.1, 0.15) is 4.99 Å². The smallest absolute Gasteiger partial charge is 0.109 e. The Balaban J connectivity index is 2.11. The molecule has 17 heavy (non-hydrogen) atoms. The molecule has 0 aliphatic carbocycles. The van der Waals surface area contributed by atoms with Gasteiger partial charge in [0, 0.05) is 23.1 Å². The molecular formula is C13H16BrNOS. The van der Waals surface area contributed by atoms with Crippen molar-refractivity contribution in [2.24, 2.45) is 0 Å². The summed E-state index contributed by atoms with van der Waals surface area (Å²) in [6.07, 6.45) is 0.485. The molecule has 92 valence electrons. The molecule has 1 saturated heterocycles. The number of halogens is 1. The third-order valence-corrected chi connectivity index (χ3v) is 3.82. The van der Waals surface area contributed by atoms with Crippen LogP contribution in [-0.4, -0.2) is 35.2 Å². The first-order chi connectivity index (χ1) is 8.06. The van der Waals surface area contributed by atoms with Gasteiger partial charge in [-0.25, -0.2) is 0 Å². The second-order valence-electron chi connectivity index (χ2n) is 4.47. The minimum absolute atomic E-state index is 0.243. The Morgan fingerprint density at radius 3 is 2.29 bits per heavy atom. The predicted octanol–water partition coefficient (Wildman–Crippen LogP) is 3.23. The largest absolute Gasteiger partial charge is 0.372 e. The number of nitrogens with zero attached hydrogens (tertiary/aromatic N) is 1. The maximum Gasteiger partial charge on any atom is 0.109 e. The van der Waals surface area contributed by atoms with Crippen LogP contribution >= 0.6 is 28.1 Å². The van der Waals surface area contributed by atoms with E-state index in [9.17, 15) is 0 Å². The molecule has 0 radical (unpaired) electrons. The van der Waals surface area contributed by atoms with Crippen LogP contribution in [0.25, 0.3) is 0 Å². The van der Waals surface area contributed by atoms with E-state index < -0.39 is 0 Å². The number of benzene rings is 1. The average Bonchev–Trinajstić information content (AvgIpc) is 2.28. The van der Waals surface area contributed by atoms with Crippen LogP contribution < -0.4 is 0 Å². The second kappa shape index (κ2) is 5.46. The summed E-state index contributed by atoms with van der Waals surface area (Å²) in [6, 6.07) is 8.15.